The molecule has 2 amide bonds. The highest BCUT2D eigenvalue weighted by Crippen LogP contribution is 2.68. The Hall–Kier alpha value is -1.11. The standard InChI is InChI=1S/C44H79N2O10P/c1-31(35-9-10-36-41-37(14-18-44(35,36)6)43(5)17-13-34(47)29-33(43)30-38(41)48)7-12-40(50)46-20-15-32(16-21-46)8-11-39(49)45-19-22-53-23-24-54-25-26-55-27-28-56-57(51,52)42(2,3)4/h31-38,41,47-48H,7-30H2,1-6H3,(H,45,49)(H,51,52)/t31-,33?,34-,35?,36?,37?,38-,41?,43+,44-/m1/s1. The first kappa shape index (κ1) is 46.9. The van der Waals surface area contributed by atoms with E-state index in [2.05, 4.69) is 31.0 Å². The number of aliphatic hydroxyl groups is 2. The van der Waals surface area contributed by atoms with Gasteiger partial charge in [0.1, 0.15) is 0 Å². The van der Waals surface area contributed by atoms with Gasteiger partial charge >= 0.3 is 7.60 Å². The number of likely N-dealkylation sites (tertiary alicyclic amines) is 1. The van der Waals surface area contributed by atoms with Crippen LogP contribution in [0.25, 0.3) is 0 Å². The molecule has 5 rings (SSSR count). The maximum atomic E-state index is 13.4. The van der Waals surface area contributed by atoms with Crippen LogP contribution in [0.5, 0.6) is 0 Å². The van der Waals surface area contributed by atoms with Gasteiger partial charge in [0.2, 0.25) is 11.8 Å². The van der Waals surface area contributed by atoms with E-state index in [1.807, 2.05) is 0 Å². The topological polar surface area (TPSA) is 164 Å². The zero-order chi connectivity index (χ0) is 41.4. The lowest BCUT2D eigenvalue weighted by Crippen LogP contribution is -2.58. The van der Waals surface area contributed by atoms with Crippen molar-refractivity contribution in [1.29, 1.82) is 0 Å². The predicted octanol–water partition coefficient (Wildman–Crippen LogP) is 6.58. The third-order valence-electron chi connectivity index (χ3n) is 15.6. The van der Waals surface area contributed by atoms with Crippen LogP contribution >= 0.6 is 7.60 Å². The molecule has 11 atom stereocenters. The van der Waals surface area contributed by atoms with Gasteiger partial charge in [-0.3, -0.25) is 14.2 Å². The van der Waals surface area contributed by atoms with Gasteiger partial charge in [-0.25, -0.2) is 0 Å². The van der Waals surface area contributed by atoms with Crippen LogP contribution in [0.3, 0.4) is 0 Å². The van der Waals surface area contributed by atoms with E-state index in [1.54, 1.807) is 20.8 Å². The number of carbonyl (C=O) groups is 2. The number of piperidine rings is 1. The normalized spacial score (nSPS) is 34.8. The van der Waals surface area contributed by atoms with Crippen molar-refractivity contribution in [3.05, 3.63) is 0 Å². The minimum atomic E-state index is -3.67. The second-order valence-electron chi connectivity index (χ2n) is 20.0. The molecule has 1 aliphatic heterocycles. The molecular formula is C44H79N2O10P. The molecule has 13 heteroatoms. The molecule has 6 unspecified atom stereocenters. The summed E-state index contributed by atoms with van der Waals surface area (Å²) in [5.41, 5.74) is 0.477. The largest absolute Gasteiger partial charge is 0.393 e. The molecule has 0 aromatic carbocycles. The number of aliphatic hydroxyl groups excluding tert-OH is 2. The van der Waals surface area contributed by atoms with Gasteiger partial charge in [-0.05, 0) is 150 Å². The van der Waals surface area contributed by atoms with Crippen LogP contribution in [-0.4, -0.2) is 115 Å². The van der Waals surface area contributed by atoms with Crippen molar-refractivity contribution in [2.45, 2.75) is 149 Å². The van der Waals surface area contributed by atoms with Crippen molar-refractivity contribution in [1.82, 2.24) is 10.2 Å². The fourth-order valence-corrected chi connectivity index (χ4v) is 12.7. The Balaban J connectivity index is 0.884. The monoisotopic (exact) mass is 827 g/mol. The summed E-state index contributed by atoms with van der Waals surface area (Å²) >= 11 is 0. The molecule has 4 N–H and O–H groups in total. The molecule has 0 spiro atoms. The Labute approximate surface area is 343 Å². The van der Waals surface area contributed by atoms with Gasteiger partial charge in [0.15, 0.2) is 0 Å². The molecule has 0 bridgehead atoms. The van der Waals surface area contributed by atoms with Crippen LogP contribution in [0, 0.1) is 52.3 Å². The maximum absolute atomic E-state index is 13.4. The lowest BCUT2D eigenvalue weighted by Gasteiger charge is -2.62. The summed E-state index contributed by atoms with van der Waals surface area (Å²) < 4.78 is 33.5. The zero-order valence-corrected chi connectivity index (χ0v) is 37.2. The van der Waals surface area contributed by atoms with E-state index in [1.165, 1.54) is 25.7 Å². The summed E-state index contributed by atoms with van der Waals surface area (Å²) in [7, 11) is -3.67. The van der Waals surface area contributed by atoms with Gasteiger partial charge in [-0.15, -0.1) is 0 Å². The molecule has 1 heterocycles. The molecule has 57 heavy (non-hydrogen) atoms. The number of hydrogen-bond donors (Lipinski definition) is 4. The molecule has 0 aromatic rings. The van der Waals surface area contributed by atoms with E-state index in [9.17, 15) is 29.3 Å². The Morgan fingerprint density at radius 2 is 1.44 bits per heavy atom. The SMILES string of the molecule is C[C@H](CCC(=O)N1CCC(CCC(=O)NCCOCCOCCOCCOP(=O)(O)C(C)(C)C)CC1)C1CCC2C3C(CC[C@@]21C)[C@@]1(C)CC[C@@H](O)CC1C[C@H]3O. The molecule has 12 nitrogen and oxygen atoms in total. The first-order valence-electron chi connectivity index (χ1n) is 22.6. The van der Waals surface area contributed by atoms with E-state index >= 15 is 0 Å². The minimum Gasteiger partial charge on any atom is -0.393 e. The third kappa shape index (κ3) is 11.8. The Morgan fingerprint density at radius 3 is 2.11 bits per heavy atom. The first-order valence-corrected chi connectivity index (χ1v) is 24.1. The molecule has 4 saturated carbocycles. The second-order valence-corrected chi connectivity index (χ2v) is 22.7. The summed E-state index contributed by atoms with van der Waals surface area (Å²) in [6.07, 6.45) is 12.8. The summed E-state index contributed by atoms with van der Waals surface area (Å²) in [6.45, 7) is 16.6. The maximum Gasteiger partial charge on any atom is 0.333 e. The van der Waals surface area contributed by atoms with Crippen molar-refractivity contribution in [3.63, 3.8) is 0 Å². The number of hydrogen-bond acceptors (Lipinski definition) is 9. The summed E-state index contributed by atoms with van der Waals surface area (Å²) in [5.74, 6) is 3.79. The quantitative estimate of drug-likeness (QED) is 0.0779. The van der Waals surface area contributed by atoms with Gasteiger partial charge in [0, 0.05) is 32.5 Å². The fraction of sp³-hybridized carbons (Fsp3) is 0.955. The van der Waals surface area contributed by atoms with Gasteiger partial charge in [-0.1, -0.05) is 20.8 Å². The van der Waals surface area contributed by atoms with Crippen LogP contribution in [0.4, 0.5) is 0 Å². The molecule has 0 aromatic heterocycles. The Bertz CT molecular complexity index is 1340. The number of fused-ring (bicyclic) bond motifs is 5. The van der Waals surface area contributed by atoms with Gasteiger partial charge < -0.3 is 44.1 Å². The highest BCUT2D eigenvalue weighted by molar-refractivity contribution is 7.54. The van der Waals surface area contributed by atoms with Gasteiger partial charge in [0.25, 0.3) is 0 Å². The molecule has 1 saturated heterocycles. The van der Waals surface area contributed by atoms with Crippen molar-refractivity contribution in [3.8, 4) is 0 Å². The van der Waals surface area contributed by atoms with Gasteiger partial charge in [0.05, 0.1) is 63.6 Å². The van der Waals surface area contributed by atoms with Crippen LogP contribution in [0.1, 0.15) is 131 Å². The van der Waals surface area contributed by atoms with Crippen molar-refractivity contribution in [2.75, 3.05) is 65.9 Å². The number of amides is 2. The minimum absolute atomic E-state index is 0.0325. The third-order valence-corrected chi connectivity index (χ3v) is 17.9. The number of rotatable bonds is 20. The molecule has 0 radical (unpaired) electrons. The van der Waals surface area contributed by atoms with E-state index in [4.69, 9.17) is 18.7 Å². The van der Waals surface area contributed by atoms with Crippen LogP contribution in [0.2, 0.25) is 0 Å². The molecule has 5 fully saturated rings. The highest BCUT2D eigenvalue weighted by Gasteiger charge is 2.62. The number of nitrogens with zero attached hydrogens (tertiary/aromatic N) is 1. The second kappa shape index (κ2) is 20.6. The van der Waals surface area contributed by atoms with Crippen molar-refractivity contribution >= 4 is 19.4 Å². The summed E-state index contributed by atoms with van der Waals surface area (Å²) in [5, 5.41) is 24.1. The number of carbonyl (C=O) groups excluding carboxylic acids is 2. The van der Waals surface area contributed by atoms with Gasteiger partial charge in [-0.2, -0.15) is 0 Å². The lowest BCUT2D eigenvalue weighted by molar-refractivity contribution is -0.174. The highest BCUT2D eigenvalue weighted by atomic mass is 31.2. The smallest absolute Gasteiger partial charge is 0.333 e. The molecule has 5 aliphatic rings. The van der Waals surface area contributed by atoms with E-state index in [0.717, 1.165) is 64.5 Å². The molecule has 330 valence electrons. The number of ether oxygens (including phenoxy) is 3. The summed E-state index contributed by atoms with van der Waals surface area (Å²) in [4.78, 5) is 37.8. The predicted molar refractivity (Wildman–Crippen MR) is 221 cm³/mol. The van der Waals surface area contributed by atoms with Crippen LogP contribution < -0.4 is 5.32 Å². The fourth-order valence-electron chi connectivity index (χ4n) is 12.0. The zero-order valence-electron chi connectivity index (χ0n) is 36.3. The average Bonchev–Trinajstić information content (AvgIpc) is 3.52. The number of nitrogens with one attached hydrogen (secondary N) is 1. The van der Waals surface area contributed by atoms with E-state index in [-0.39, 0.29) is 48.1 Å². The van der Waals surface area contributed by atoms with E-state index < -0.39 is 12.8 Å². The summed E-state index contributed by atoms with van der Waals surface area (Å²) in [6, 6.07) is 0. The van der Waals surface area contributed by atoms with Crippen molar-refractivity contribution in [2.24, 2.45) is 52.3 Å². The van der Waals surface area contributed by atoms with E-state index in [0.29, 0.717) is 93.8 Å². The first-order chi connectivity index (χ1) is 27.0. The van der Waals surface area contributed by atoms with Crippen LogP contribution in [-0.2, 0) is 32.9 Å². The van der Waals surface area contributed by atoms with Crippen LogP contribution in [0.15, 0.2) is 0 Å². The molecule has 4 aliphatic carbocycles. The Morgan fingerprint density at radius 1 is 0.825 bits per heavy atom. The van der Waals surface area contributed by atoms with Crippen molar-refractivity contribution < 1.29 is 48.0 Å². The lowest BCUT2D eigenvalue weighted by atomic mass is 9.43. The average molecular weight is 827 g/mol. The molecular weight excluding hydrogens is 747 g/mol. The Kier molecular flexibility index (Phi) is 17.0.